The molecule has 0 saturated heterocycles. The van der Waals surface area contributed by atoms with E-state index in [-0.39, 0.29) is 12.5 Å². The number of carboxylic acid groups (broad SMARTS) is 1. The van der Waals surface area contributed by atoms with Crippen LogP contribution in [0.4, 0.5) is 5.69 Å². The van der Waals surface area contributed by atoms with Gasteiger partial charge in [0.05, 0.1) is 7.11 Å². The maximum atomic E-state index is 11.9. The Hall–Kier alpha value is -2.04. The summed E-state index contributed by atoms with van der Waals surface area (Å²) in [5.41, 5.74) is 0.537. The summed E-state index contributed by atoms with van der Waals surface area (Å²) in [6.45, 7) is 1.54. The molecule has 1 aromatic carbocycles. The summed E-state index contributed by atoms with van der Waals surface area (Å²) in [7, 11) is 1.52. The van der Waals surface area contributed by atoms with E-state index < -0.39 is 5.97 Å². The molecule has 1 amide bonds. The molecule has 0 saturated carbocycles. The van der Waals surface area contributed by atoms with Gasteiger partial charge in [-0.2, -0.15) is 0 Å². The summed E-state index contributed by atoms with van der Waals surface area (Å²) in [5.74, 6) is -0.650. The molecule has 5 heteroatoms. The van der Waals surface area contributed by atoms with Gasteiger partial charge in [0.25, 0.3) is 0 Å². The number of hydrogen-bond donors (Lipinski definition) is 1. The van der Waals surface area contributed by atoms with Crippen molar-refractivity contribution in [2.45, 2.75) is 19.8 Å². The van der Waals surface area contributed by atoms with Gasteiger partial charge >= 0.3 is 5.97 Å². The number of benzene rings is 1. The van der Waals surface area contributed by atoms with Gasteiger partial charge < -0.3 is 14.7 Å². The first-order chi connectivity index (χ1) is 8.58. The topological polar surface area (TPSA) is 66.8 Å². The zero-order chi connectivity index (χ0) is 13.5. The third-order valence-electron chi connectivity index (χ3n) is 2.42. The molecule has 0 radical (unpaired) electrons. The monoisotopic (exact) mass is 251 g/mol. The number of aliphatic carboxylic acids is 1. The summed E-state index contributed by atoms with van der Waals surface area (Å²) >= 11 is 0. The molecule has 18 heavy (non-hydrogen) atoms. The Kier molecular flexibility index (Phi) is 5.17. The van der Waals surface area contributed by atoms with Crippen LogP contribution in [0.15, 0.2) is 24.3 Å². The molecule has 0 aliphatic carbocycles. The zero-order valence-corrected chi connectivity index (χ0v) is 10.5. The average Bonchev–Trinajstić information content (AvgIpc) is 2.36. The molecule has 0 aliphatic rings. The van der Waals surface area contributed by atoms with Gasteiger partial charge in [0.1, 0.15) is 12.3 Å². The summed E-state index contributed by atoms with van der Waals surface area (Å²) in [5, 5.41) is 8.86. The number of amides is 1. The molecular formula is C13H17NO4. The zero-order valence-electron chi connectivity index (χ0n) is 10.5. The number of methoxy groups -OCH3 is 1. The fraction of sp³-hybridized carbons (Fsp3) is 0.385. The molecule has 0 atom stereocenters. The van der Waals surface area contributed by atoms with Crippen molar-refractivity contribution >= 4 is 17.6 Å². The first kappa shape index (κ1) is 14.0. The van der Waals surface area contributed by atoms with Crippen LogP contribution in [0.5, 0.6) is 5.75 Å². The van der Waals surface area contributed by atoms with Gasteiger partial charge in [-0.05, 0) is 18.6 Å². The van der Waals surface area contributed by atoms with Gasteiger partial charge in [0.2, 0.25) is 5.91 Å². The Morgan fingerprint density at radius 3 is 2.67 bits per heavy atom. The summed E-state index contributed by atoms with van der Waals surface area (Å²) in [6.07, 6.45) is 1.00. The van der Waals surface area contributed by atoms with Gasteiger partial charge in [-0.3, -0.25) is 9.59 Å². The van der Waals surface area contributed by atoms with Gasteiger partial charge in [0, 0.05) is 18.2 Å². The van der Waals surface area contributed by atoms with Crippen molar-refractivity contribution in [3.63, 3.8) is 0 Å². The minimum Gasteiger partial charge on any atom is -0.497 e. The molecule has 0 bridgehead atoms. The third kappa shape index (κ3) is 3.76. The van der Waals surface area contributed by atoms with Crippen LogP contribution in [0.3, 0.4) is 0 Å². The predicted octanol–water partition coefficient (Wildman–Crippen LogP) is 1.91. The van der Waals surface area contributed by atoms with Crippen LogP contribution in [0, 0.1) is 0 Å². The fourth-order valence-corrected chi connectivity index (χ4v) is 1.59. The standard InChI is InChI=1S/C13H17NO4/c1-3-5-12(15)14(9-13(16)17)10-6-4-7-11(8-10)18-2/h4,6-8H,3,5,9H2,1-2H3,(H,16,17). The Labute approximate surface area is 106 Å². The van der Waals surface area contributed by atoms with Crippen LogP contribution in [-0.4, -0.2) is 30.6 Å². The second-order valence-electron chi connectivity index (χ2n) is 3.83. The lowest BCUT2D eigenvalue weighted by atomic mass is 10.2. The molecule has 5 nitrogen and oxygen atoms in total. The highest BCUT2D eigenvalue weighted by Crippen LogP contribution is 2.21. The highest BCUT2D eigenvalue weighted by molar-refractivity contribution is 5.97. The van der Waals surface area contributed by atoms with E-state index in [0.29, 0.717) is 24.3 Å². The predicted molar refractivity (Wildman–Crippen MR) is 67.9 cm³/mol. The van der Waals surface area contributed by atoms with Gasteiger partial charge in [-0.15, -0.1) is 0 Å². The van der Waals surface area contributed by atoms with E-state index in [1.165, 1.54) is 12.0 Å². The Morgan fingerprint density at radius 1 is 1.39 bits per heavy atom. The summed E-state index contributed by atoms with van der Waals surface area (Å²) < 4.78 is 5.06. The summed E-state index contributed by atoms with van der Waals surface area (Å²) in [4.78, 5) is 24.0. The van der Waals surface area contributed by atoms with E-state index in [1.54, 1.807) is 24.3 Å². The van der Waals surface area contributed by atoms with Crippen molar-refractivity contribution in [2.24, 2.45) is 0 Å². The maximum Gasteiger partial charge on any atom is 0.323 e. The largest absolute Gasteiger partial charge is 0.497 e. The number of hydrogen-bond acceptors (Lipinski definition) is 3. The molecule has 1 N–H and O–H groups in total. The van der Waals surface area contributed by atoms with Crippen LogP contribution in [0.1, 0.15) is 19.8 Å². The van der Waals surface area contributed by atoms with E-state index in [1.807, 2.05) is 6.92 Å². The quantitative estimate of drug-likeness (QED) is 0.838. The minimum absolute atomic E-state index is 0.201. The third-order valence-corrected chi connectivity index (χ3v) is 2.42. The van der Waals surface area contributed by atoms with Gasteiger partial charge in [-0.25, -0.2) is 0 Å². The highest BCUT2D eigenvalue weighted by Gasteiger charge is 2.18. The smallest absolute Gasteiger partial charge is 0.323 e. The van der Waals surface area contributed by atoms with Crippen molar-refractivity contribution in [1.82, 2.24) is 0 Å². The number of carbonyl (C=O) groups is 2. The van der Waals surface area contributed by atoms with Crippen LogP contribution in [-0.2, 0) is 9.59 Å². The van der Waals surface area contributed by atoms with E-state index >= 15 is 0 Å². The van der Waals surface area contributed by atoms with Crippen molar-refractivity contribution in [2.75, 3.05) is 18.6 Å². The minimum atomic E-state index is -1.04. The molecule has 0 spiro atoms. The SMILES string of the molecule is CCCC(=O)N(CC(=O)O)c1cccc(OC)c1. The lowest BCUT2D eigenvalue weighted by Gasteiger charge is -2.21. The lowest BCUT2D eigenvalue weighted by Crippen LogP contribution is -2.35. The number of carbonyl (C=O) groups excluding carboxylic acids is 1. The Bertz CT molecular complexity index is 431. The fourth-order valence-electron chi connectivity index (χ4n) is 1.59. The van der Waals surface area contributed by atoms with Crippen molar-refractivity contribution in [1.29, 1.82) is 0 Å². The first-order valence-electron chi connectivity index (χ1n) is 5.74. The Balaban J connectivity index is 3.00. The van der Waals surface area contributed by atoms with Gasteiger partial charge in [0.15, 0.2) is 0 Å². The number of nitrogens with zero attached hydrogens (tertiary/aromatic N) is 1. The van der Waals surface area contributed by atoms with Crippen LogP contribution in [0.25, 0.3) is 0 Å². The molecule has 0 aliphatic heterocycles. The van der Waals surface area contributed by atoms with Gasteiger partial charge in [-0.1, -0.05) is 13.0 Å². The molecule has 98 valence electrons. The molecule has 0 aromatic heterocycles. The molecule has 0 heterocycles. The number of rotatable bonds is 6. The normalized spacial score (nSPS) is 9.89. The Morgan fingerprint density at radius 2 is 2.11 bits per heavy atom. The molecule has 1 aromatic rings. The maximum absolute atomic E-state index is 11.9. The average molecular weight is 251 g/mol. The highest BCUT2D eigenvalue weighted by atomic mass is 16.5. The van der Waals surface area contributed by atoms with E-state index in [0.717, 1.165) is 0 Å². The molecule has 0 fully saturated rings. The van der Waals surface area contributed by atoms with E-state index in [2.05, 4.69) is 0 Å². The second kappa shape index (κ2) is 6.64. The van der Waals surface area contributed by atoms with E-state index in [4.69, 9.17) is 9.84 Å². The van der Waals surface area contributed by atoms with Crippen molar-refractivity contribution in [3.8, 4) is 5.75 Å². The van der Waals surface area contributed by atoms with Crippen LogP contribution >= 0.6 is 0 Å². The van der Waals surface area contributed by atoms with Crippen LogP contribution < -0.4 is 9.64 Å². The number of carboxylic acids is 1. The van der Waals surface area contributed by atoms with Crippen molar-refractivity contribution in [3.05, 3.63) is 24.3 Å². The molecular weight excluding hydrogens is 234 g/mol. The summed E-state index contributed by atoms with van der Waals surface area (Å²) in [6, 6.07) is 6.81. The second-order valence-corrected chi connectivity index (χ2v) is 3.83. The number of anilines is 1. The number of ether oxygens (including phenoxy) is 1. The molecule has 0 unspecified atom stereocenters. The molecule has 1 rings (SSSR count). The lowest BCUT2D eigenvalue weighted by molar-refractivity contribution is -0.136. The first-order valence-corrected chi connectivity index (χ1v) is 5.74. The van der Waals surface area contributed by atoms with Crippen LogP contribution in [0.2, 0.25) is 0 Å². The van der Waals surface area contributed by atoms with Crippen molar-refractivity contribution < 1.29 is 19.4 Å². The van der Waals surface area contributed by atoms with E-state index in [9.17, 15) is 9.59 Å².